The molecule has 0 bridgehead atoms. The molecule has 0 radical (unpaired) electrons. The van der Waals surface area contributed by atoms with Crippen molar-refractivity contribution in [2.45, 2.75) is 18.4 Å². The van der Waals surface area contributed by atoms with Crippen molar-refractivity contribution >= 4 is 21.6 Å². The number of amides is 1. The van der Waals surface area contributed by atoms with Gasteiger partial charge in [0.05, 0.1) is 4.90 Å². The highest BCUT2D eigenvalue weighted by Crippen LogP contribution is 2.17. The Kier molecular flexibility index (Phi) is 4.77. The molecule has 2 N–H and O–H groups in total. The molecule has 0 heterocycles. The van der Waals surface area contributed by atoms with E-state index in [9.17, 15) is 17.6 Å². The molecule has 0 saturated heterocycles. The van der Waals surface area contributed by atoms with Crippen LogP contribution in [0.2, 0.25) is 0 Å². The summed E-state index contributed by atoms with van der Waals surface area (Å²) in [5.74, 6) is -0.597. The lowest BCUT2D eigenvalue weighted by Gasteiger charge is -2.09. The number of hydrogen-bond donors (Lipinski definition) is 2. The maximum Gasteiger partial charge on any atom is 0.261 e. The smallest absolute Gasteiger partial charge is 0.261 e. The summed E-state index contributed by atoms with van der Waals surface area (Å²) < 4.78 is 39.6. The lowest BCUT2D eigenvalue weighted by Crippen LogP contribution is -2.19. The van der Waals surface area contributed by atoms with E-state index in [2.05, 4.69) is 10.0 Å². The second-order valence-electron chi connectivity index (χ2n) is 4.67. The highest BCUT2D eigenvalue weighted by Gasteiger charge is 2.14. The molecule has 0 fully saturated rings. The fourth-order valence-corrected chi connectivity index (χ4v) is 2.80. The van der Waals surface area contributed by atoms with Gasteiger partial charge in [0, 0.05) is 19.2 Å². The van der Waals surface area contributed by atoms with Gasteiger partial charge in [-0.05, 0) is 42.0 Å². The molecule has 22 heavy (non-hydrogen) atoms. The Balaban J connectivity index is 2.12. The highest BCUT2D eigenvalue weighted by atomic mass is 32.2. The third-order valence-electron chi connectivity index (χ3n) is 2.87. The first-order chi connectivity index (χ1) is 10.4. The third-order valence-corrected chi connectivity index (χ3v) is 4.27. The molecule has 0 atom stereocenters. The quantitative estimate of drug-likeness (QED) is 0.886. The second-order valence-corrected chi connectivity index (χ2v) is 6.35. The largest absolute Gasteiger partial charge is 0.352 e. The van der Waals surface area contributed by atoms with Crippen LogP contribution in [0.3, 0.4) is 0 Å². The Morgan fingerprint density at radius 1 is 1.05 bits per heavy atom. The van der Waals surface area contributed by atoms with Crippen LogP contribution < -0.4 is 10.0 Å². The molecule has 0 spiro atoms. The van der Waals surface area contributed by atoms with Crippen LogP contribution in [0.1, 0.15) is 12.5 Å². The summed E-state index contributed by atoms with van der Waals surface area (Å²) in [6.07, 6.45) is 0. The molecule has 1 amide bonds. The average Bonchev–Trinajstić information content (AvgIpc) is 2.48. The zero-order valence-corrected chi connectivity index (χ0v) is 12.7. The van der Waals surface area contributed by atoms with Crippen molar-refractivity contribution in [1.29, 1.82) is 0 Å². The minimum absolute atomic E-state index is 0.0865. The fraction of sp³-hybridized carbons (Fsp3) is 0.133. The molecule has 0 aromatic heterocycles. The number of carbonyl (C=O) groups excluding carboxylic acids is 1. The molecule has 7 heteroatoms. The van der Waals surface area contributed by atoms with Crippen molar-refractivity contribution in [2.75, 3.05) is 4.72 Å². The minimum Gasteiger partial charge on any atom is -0.352 e. The normalized spacial score (nSPS) is 11.0. The number of benzene rings is 2. The van der Waals surface area contributed by atoms with Crippen LogP contribution in [0.5, 0.6) is 0 Å². The van der Waals surface area contributed by atoms with E-state index >= 15 is 0 Å². The molecule has 2 aromatic carbocycles. The van der Waals surface area contributed by atoms with Crippen LogP contribution in [0.4, 0.5) is 10.1 Å². The van der Waals surface area contributed by atoms with Crippen molar-refractivity contribution in [3.63, 3.8) is 0 Å². The predicted molar refractivity (Wildman–Crippen MR) is 81.2 cm³/mol. The minimum atomic E-state index is -3.73. The van der Waals surface area contributed by atoms with Crippen molar-refractivity contribution in [3.8, 4) is 0 Å². The number of anilines is 1. The van der Waals surface area contributed by atoms with E-state index in [1.54, 1.807) is 12.1 Å². The van der Waals surface area contributed by atoms with E-state index in [1.807, 2.05) is 0 Å². The number of carbonyl (C=O) groups is 1. The van der Waals surface area contributed by atoms with Gasteiger partial charge in [0.1, 0.15) is 5.82 Å². The zero-order chi connectivity index (χ0) is 16.2. The molecule has 0 saturated carbocycles. The van der Waals surface area contributed by atoms with Gasteiger partial charge in [0.2, 0.25) is 5.91 Å². The van der Waals surface area contributed by atoms with Gasteiger partial charge < -0.3 is 5.32 Å². The summed E-state index contributed by atoms with van der Waals surface area (Å²) in [4.78, 5) is 10.9. The molecule has 0 aliphatic heterocycles. The van der Waals surface area contributed by atoms with Gasteiger partial charge in [0.15, 0.2) is 0 Å². The summed E-state index contributed by atoms with van der Waals surface area (Å²) in [6.45, 7) is 1.74. The van der Waals surface area contributed by atoms with Crippen molar-refractivity contribution in [2.24, 2.45) is 0 Å². The van der Waals surface area contributed by atoms with E-state index < -0.39 is 15.8 Å². The van der Waals surface area contributed by atoms with Gasteiger partial charge >= 0.3 is 0 Å². The van der Waals surface area contributed by atoms with Crippen LogP contribution >= 0.6 is 0 Å². The maximum atomic E-state index is 12.8. The molecule has 2 rings (SSSR count). The van der Waals surface area contributed by atoms with Crippen molar-refractivity contribution < 1.29 is 17.6 Å². The standard InChI is InChI=1S/C15H15FN2O3S/c1-11(19)17-10-12-2-8-15(9-3-12)22(20,21)18-14-6-4-13(16)5-7-14/h2-9,18H,10H2,1H3,(H,17,19). The van der Waals surface area contributed by atoms with Crippen molar-refractivity contribution in [1.82, 2.24) is 5.32 Å². The SMILES string of the molecule is CC(=O)NCc1ccc(S(=O)(=O)Nc2ccc(F)cc2)cc1. The molecular formula is C15H15FN2O3S. The Morgan fingerprint density at radius 3 is 2.18 bits per heavy atom. The first-order valence-electron chi connectivity index (χ1n) is 6.48. The summed E-state index contributed by atoms with van der Waals surface area (Å²) >= 11 is 0. The first kappa shape index (κ1) is 16.0. The van der Waals surface area contributed by atoms with E-state index in [4.69, 9.17) is 0 Å². The van der Waals surface area contributed by atoms with Crippen LogP contribution in [0.25, 0.3) is 0 Å². The van der Waals surface area contributed by atoms with Gasteiger partial charge in [-0.15, -0.1) is 0 Å². The topological polar surface area (TPSA) is 75.3 Å². The number of rotatable bonds is 5. The van der Waals surface area contributed by atoms with Gasteiger partial charge in [-0.25, -0.2) is 12.8 Å². The lowest BCUT2D eigenvalue weighted by molar-refractivity contribution is -0.119. The van der Waals surface area contributed by atoms with Gasteiger partial charge in [0.25, 0.3) is 10.0 Å². The third kappa shape index (κ3) is 4.29. The Morgan fingerprint density at radius 2 is 1.64 bits per heavy atom. The number of halogens is 1. The summed E-state index contributed by atoms with van der Waals surface area (Å²) in [7, 11) is -3.73. The summed E-state index contributed by atoms with van der Waals surface area (Å²) in [5, 5.41) is 2.63. The van der Waals surface area contributed by atoms with Crippen LogP contribution in [-0.4, -0.2) is 14.3 Å². The molecule has 5 nitrogen and oxygen atoms in total. The number of hydrogen-bond acceptors (Lipinski definition) is 3. The highest BCUT2D eigenvalue weighted by molar-refractivity contribution is 7.92. The zero-order valence-electron chi connectivity index (χ0n) is 11.8. The molecular weight excluding hydrogens is 307 g/mol. The first-order valence-corrected chi connectivity index (χ1v) is 7.97. The Labute approximate surface area is 128 Å². The van der Waals surface area contributed by atoms with Gasteiger partial charge in [-0.1, -0.05) is 12.1 Å². The number of nitrogens with one attached hydrogen (secondary N) is 2. The Bertz CT molecular complexity index is 756. The van der Waals surface area contributed by atoms with Crippen LogP contribution in [0, 0.1) is 5.82 Å². The van der Waals surface area contributed by atoms with E-state index in [-0.39, 0.29) is 16.5 Å². The summed E-state index contributed by atoms with van der Waals surface area (Å²) in [5.41, 5.74) is 1.07. The van der Waals surface area contributed by atoms with E-state index in [1.165, 1.54) is 43.3 Å². The predicted octanol–water partition coefficient (Wildman–Crippen LogP) is 2.26. The molecule has 0 unspecified atom stereocenters. The molecule has 116 valence electrons. The average molecular weight is 322 g/mol. The van der Waals surface area contributed by atoms with Crippen LogP contribution in [-0.2, 0) is 21.4 Å². The molecule has 0 aliphatic carbocycles. The maximum absolute atomic E-state index is 12.8. The van der Waals surface area contributed by atoms with Gasteiger partial charge in [-0.3, -0.25) is 9.52 Å². The van der Waals surface area contributed by atoms with Crippen LogP contribution in [0.15, 0.2) is 53.4 Å². The monoisotopic (exact) mass is 322 g/mol. The Hall–Kier alpha value is -2.41. The summed E-state index contributed by atoms with van der Waals surface area (Å²) in [6, 6.07) is 11.2. The van der Waals surface area contributed by atoms with E-state index in [0.717, 1.165) is 5.56 Å². The number of sulfonamides is 1. The second kappa shape index (κ2) is 6.57. The fourth-order valence-electron chi connectivity index (χ4n) is 1.74. The van der Waals surface area contributed by atoms with E-state index in [0.29, 0.717) is 6.54 Å². The van der Waals surface area contributed by atoms with Gasteiger partial charge in [-0.2, -0.15) is 0 Å². The lowest BCUT2D eigenvalue weighted by atomic mass is 10.2. The molecule has 0 aliphatic rings. The van der Waals surface area contributed by atoms with Crippen molar-refractivity contribution in [3.05, 3.63) is 59.9 Å². The molecule has 2 aromatic rings.